The van der Waals surface area contributed by atoms with Crippen LogP contribution in [0.5, 0.6) is 0 Å². The van der Waals surface area contributed by atoms with Gasteiger partial charge < -0.3 is 10.6 Å². The summed E-state index contributed by atoms with van der Waals surface area (Å²) in [7, 11) is 3.64. The van der Waals surface area contributed by atoms with Gasteiger partial charge in [0.1, 0.15) is 0 Å². The van der Waals surface area contributed by atoms with Crippen molar-refractivity contribution in [1.82, 2.24) is 10.6 Å². The van der Waals surface area contributed by atoms with Crippen molar-refractivity contribution < 1.29 is 0 Å². The summed E-state index contributed by atoms with van der Waals surface area (Å²) >= 11 is 1.80. The Kier molecular flexibility index (Phi) is 4.15. The number of aliphatic imine (C=N–C) groups is 1. The molecule has 0 amide bonds. The van der Waals surface area contributed by atoms with Gasteiger partial charge in [-0.1, -0.05) is 19.9 Å². The molecule has 0 saturated heterocycles. The summed E-state index contributed by atoms with van der Waals surface area (Å²) in [6, 6.07) is 4.27. The predicted octanol–water partition coefficient (Wildman–Crippen LogP) is 1.82. The molecule has 0 aromatic carbocycles. The van der Waals surface area contributed by atoms with Gasteiger partial charge in [-0.3, -0.25) is 4.99 Å². The van der Waals surface area contributed by atoms with Gasteiger partial charge in [0.25, 0.3) is 0 Å². The Morgan fingerprint density at radius 1 is 1.53 bits per heavy atom. The quantitative estimate of drug-likeness (QED) is 0.608. The van der Waals surface area contributed by atoms with Crippen molar-refractivity contribution in [2.75, 3.05) is 20.6 Å². The van der Waals surface area contributed by atoms with Crippen LogP contribution in [0.4, 0.5) is 0 Å². The molecule has 0 bridgehead atoms. The Labute approximate surface area is 95.6 Å². The second-order valence-electron chi connectivity index (χ2n) is 4.04. The topological polar surface area (TPSA) is 36.4 Å². The lowest BCUT2D eigenvalue weighted by molar-refractivity contribution is 0.520. The third-order valence-electron chi connectivity index (χ3n) is 2.35. The van der Waals surface area contributed by atoms with Crippen LogP contribution in [0.3, 0.4) is 0 Å². The van der Waals surface area contributed by atoms with E-state index >= 15 is 0 Å². The Bertz CT molecular complexity index is 315. The molecule has 0 aliphatic carbocycles. The standard InChI is InChI=1S/C11H19N3S/c1-11(2,9-6-5-7-15-9)8-14-10(12-3)13-4/h5-7H,8H2,1-4H3,(H2,12,13,14). The fourth-order valence-electron chi connectivity index (χ4n) is 1.33. The first kappa shape index (κ1) is 12.0. The number of rotatable bonds is 3. The third kappa shape index (κ3) is 3.23. The Morgan fingerprint density at radius 2 is 2.27 bits per heavy atom. The zero-order valence-corrected chi connectivity index (χ0v) is 10.6. The van der Waals surface area contributed by atoms with Crippen LogP contribution in [0.15, 0.2) is 22.5 Å². The van der Waals surface area contributed by atoms with E-state index in [1.807, 2.05) is 7.05 Å². The van der Waals surface area contributed by atoms with Crippen LogP contribution >= 0.6 is 11.3 Å². The van der Waals surface area contributed by atoms with Gasteiger partial charge in [-0.25, -0.2) is 0 Å². The van der Waals surface area contributed by atoms with E-state index in [1.165, 1.54) is 4.88 Å². The van der Waals surface area contributed by atoms with E-state index < -0.39 is 0 Å². The molecule has 1 aromatic heterocycles. The van der Waals surface area contributed by atoms with E-state index in [2.05, 4.69) is 47.0 Å². The third-order valence-corrected chi connectivity index (χ3v) is 3.58. The van der Waals surface area contributed by atoms with Crippen molar-refractivity contribution in [2.45, 2.75) is 19.3 Å². The maximum Gasteiger partial charge on any atom is 0.190 e. The first-order chi connectivity index (χ1) is 7.10. The minimum Gasteiger partial charge on any atom is -0.359 e. The van der Waals surface area contributed by atoms with E-state index in [0.29, 0.717) is 0 Å². The van der Waals surface area contributed by atoms with Crippen LogP contribution in [0.25, 0.3) is 0 Å². The second-order valence-corrected chi connectivity index (χ2v) is 4.98. The normalized spacial score (nSPS) is 12.7. The van der Waals surface area contributed by atoms with Crippen LogP contribution in [0.1, 0.15) is 18.7 Å². The van der Waals surface area contributed by atoms with Gasteiger partial charge in [-0.2, -0.15) is 0 Å². The summed E-state index contributed by atoms with van der Waals surface area (Å²) in [5.41, 5.74) is 0.140. The van der Waals surface area contributed by atoms with Crippen molar-refractivity contribution >= 4 is 17.3 Å². The Morgan fingerprint density at radius 3 is 2.73 bits per heavy atom. The van der Waals surface area contributed by atoms with Gasteiger partial charge in [0.2, 0.25) is 0 Å². The zero-order valence-electron chi connectivity index (χ0n) is 9.79. The maximum absolute atomic E-state index is 4.09. The first-order valence-electron chi connectivity index (χ1n) is 5.02. The van der Waals surface area contributed by atoms with Gasteiger partial charge in [0.05, 0.1) is 0 Å². The van der Waals surface area contributed by atoms with Crippen molar-refractivity contribution in [1.29, 1.82) is 0 Å². The number of hydrogen-bond donors (Lipinski definition) is 2. The summed E-state index contributed by atoms with van der Waals surface area (Å²) in [5, 5.41) is 8.42. The average molecular weight is 225 g/mol. The van der Waals surface area contributed by atoms with Gasteiger partial charge in [0, 0.05) is 30.9 Å². The predicted molar refractivity (Wildman–Crippen MR) is 67.8 cm³/mol. The van der Waals surface area contributed by atoms with E-state index in [4.69, 9.17) is 0 Å². The first-order valence-corrected chi connectivity index (χ1v) is 5.90. The molecule has 0 spiro atoms. The number of hydrogen-bond acceptors (Lipinski definition) is 2. The maximum atomic E-state index is 4.09. The van der Waals surface area contributed by atoms with E-state index in [0.717, 1.165) is 12.5 Å². The fraction of sp³-hybridized carbons (Fsp3) is 0.545. The summed E-state index contributed by atoms with van der Waals surface area (Å²) < 4.78 is 0. The van der Waals surface area contributed by atoms with Gasteiger partial charge in [-0.05, 0) is 11.4 Å². The van der Waals surface area contributed by atoms with Crippen molar-refractivity contribution in [3.8, 4) is 0 Å². The van der Waals surface area contributed by atoms with Crippen LogP contribution in [0.2, 0.25) is 0 Å². The number of thiophene rings is 1. The molecule has 0 atom stereocenters. The molecule has 2 N–H and O–H groups in total. The summed E-state index contributed by atoms with van der Waals surface area (Å²) in [4.78, 5) is 5.48. The van der Waals surface area contributed by atoms with Gasteiger partial charge in [-0.15, -0.1) is 11.3 Å². The molecule has 1 heterocycles. The number of nitrogens with zero attached hydrogens (tertiary/aromatic N) is 1. The Hall–Kier alpha value is -1.03. The second kappa shape index (κ2) is 5.16. The summed E-state index contributed by atoms with van der Waals surface area (Å²) in [6.07, 6.45) is 0. The average Bonchev–Trinajstić information content (AvgIpc) is 2.72. The SMILES string of the molecule is CN=C(NC)NCC(C)(C)c1cccs1. The van der Waals surface area contributed by atoms with E-state index in [9.17, 15) is 0 Å². The van der Waals surface area contributed by atoms with Crippen LogP contribution < -0.4 is 10.6 Å². The van der Waals surface area contributed by atoms with Crippen molar-refractivity contribution in [2.24, 2.45) is 4.99 Å². The van der Waals surface area contributed by atoms with Crippen molar-refractivity contribution in [3.05, 3.63) is 22.4 Å². The number of guanidine groups is 1. The lowest BCUT2D eigenvalue weighted by Crippen LogP contribution is -2.41. The lowest BCUT2D eigenvalue weighted by atomic mass is 9.91. The van der Waals surface area contributed by atoms with Crippen LogP contribution in [-0.2, 0) is 5.41 Å². The molecule has 0 fully saturated rings. The van der Waals surface area contributed by atoms with E-state index in [-0.39, 0.29) is 5.41 Å². The highest BCUT2D eigenvalue weighted by Gasteiger charge is 2.21. The molecule has 0 saturated carbocycles. The highest BCUT2D eigenvalue weighted by atomic mass is 32.1. The molecule has 0 unspecified atom stereocenters. The monoisotopic (exact) mass is 225 g/mol. The number of nitrogens with one attached hydrogen (secondary N) is 2. The molecule has 1 aromatic rings. The zero-order chi connectivity index (χ0) is 11.3. The van der Waals surface area contributed by atoms with Crippen LogP contribution in [-0.4, -0.2) is 26.6 Å². The van der Waals surface area contributed by atoms with Crippen LogP contribution in [0, 0.1) is 0 Å². The van der Waals surface area contributed by atoms with Gasteiger partial charge >= 0.3 is 0 Å². The molecule has 0 aliphatic rings. The summed E-state index contributed by atoms with van der Waals surface area (Å²) in [6.45, 7) is 5.34. The molecular weight excluding hydrogens is 206 g/mol. The highest BCUT2D eigenvalue weighted by Crippen LogP contribution is 2.26. The molecule has 15 heavy (non-hydrogen) atoms. The largest absolute Gasteiger partial charge is 0.359 e. The minimum atomic E-state index is 0.140. The van der Waals surface area contributed by atoms with Gasteiger partial charge in [0.15, 0.2) is 5.96 Å². The molecule has 1 rings (SSSR count). The molecule has 3 nitrogen and oxygen atoms in total. The summed E-state index contributed by atoms with van der Waals surface area (Å²) in [5.74, 6) is 0.833. The molecule has 0 aliphatic heterocycles. The molecule has 4 heteroatoms. The fourth-order valence-corrected chi connectivity index (χ4v) is 2.19. The highest BCUT2D eigenvalue weighted by molar-refractivity contribution is 7.10. The van der Waals surface area contributed by atoms with E-state index in [1.54, 1.807) is 18.4 Å². The van der Waals surface area contributed by atoms with Crippen molar-refractivity contribution in [3.63, 3.8) is 0 Å². The smallest absolute Gasteiger partial charge is 0.190 e. The molecular formula is C11H19N3S. The lowest BCUT2D eigenvalue weighted by Gasteiger charge is -2.24. The molecule has 84 valence electrons. The molecule has 0 radical (unpaired) electrons. The Balaban J connectivity index is 2.58. The minimum absolute atomic E-state index is 0.140.